The predicted molar refractivity (Wildman–Crippen MR) is 143 cm³/mol. The lowest BCUT2D eigenvalue weighted by molar-refractivity contribution is -0.128. The molecule has 6 nitrogen and oxygen atoms in total. The second-order valence-electron chi connectivity index (χ2n) is 9.95. The molecule has 2 aromatic rings. The summed E-state index contributed by atoms with van der Waals surface area (Å²) in [6.45, 7) is 17.5. The molecule has 194 valence electrons. The zero-order chi connectivity index (χ0) is 26.6. The van der Waals surface area contributed by atoms with Gasteiger partial charge in [-0.3, -0.25) is 9.52 Å². The molecule has 1 aromatic carbocycles. The van der Waals surface area contributed by atoms with Crippen LogP contribution < -0.4 is 9.46 Å². The summed E-state index contributed by atoms with van der Waals surface area (Å²) in [6, 6.07) is 8.01. The van der Waals surface area contributed by atoms with E-state index >= 15 is 0 Å². The van der Waals surface area contributed by atoms with Gasteiger partial charge in [0.25, 0.3) is 10.0 Å². The molecule has 0 unspecified atom stereocenters. The van der Waals surface area contributed by atoms with Crippen LogP contribution in [0.4, 0.5) is 0 Å². The summed E-state index contributed by atoms with van der Waals surface area (Å²) < 4.78 is 39.7. The van der Waals surface area contributed by atoms with Crippen molar-refractivity contribution >= 4 is 27.1 Å². The lowest BCUT2D eigenvalue weighted by Crippen LogP contribution is -2.27. The Morgan fingerprint density at radius 1 is 1.06 bits per heavy atom. The van der Waals surface area contributed by atoms with Crippen LogP contribution in [-0.4, -0.2) is 34.5 Å². The number of rotatable bonds is 12. The van der Waals surface area contributed by atoms with E-state index in [0.29, 0.717) is 11.3 Å². The topological polar surface area (TPSA) is 81.7 Å². The number of ketones is 1. The number of thiophene rings is 1. The second-order valence-corrected chi connectivity index (χ2v) is 12.9. The SMILES string of the molecule is C=C(COC)NS(=O)(=O)c1sc(C(CC)(CC)c2ccc(OCC(=O)C(C)(C)C)c(C)c2)cc1C. The van der Waals surface area contributed by atoms with Crippen LogP contribution in [0.1, 0.15) is 69.0 Å². The minimum atomic E-state index is -3.76. The molecule has 35 heavy (non-hydrogen) atoms. The largest absolute Gasteiger partial charge is 0.486 e. The van der Waals surface area contributed by atoms with Crippen molar-refractivity contribution < 1.29 is 22.7 Å². The summed E-state index contributed by atoms with van der Waals surface area (Å²) in [4.78, 5) is 13.3. The fourth-order valence-electron chi connectivity index (χ4n) is 4.03. The third kappa shape index (κ3) is 6.54. The average Bonchev–Trinajstić information content (AvgIpc) is 3.16. The average molecular weight is 522 g/mol. The molecule has 1 heterocycles. The zero-order valence-corrected chi connectivity index (χ0v) is 23.8. The lowest BCUT2D eigenvalue weighted by Gasteiger charge is -2.32. The van der Waals surface area contributed by atoms with Gasteiger partial charge in [0, 0.05) is 28.5 Å². The first-order valence-electron chi connectivity index (χ1n) is 11.8. The maximum Gasteiger partial charge on any atom is 0.271 e. The van der Waals surface area contributed by atoms with Crippen LogP contribution in [0.15, 0.2) is 40.8 Å². The number of hydrogen-bond acceptors (Lipinski definition) is 6. The van der Waals surface area contributed by atoms with Gasteiger partial charge in [-0.05, 0) is 55.5 Å². The van der Waals surface area contributed by atoms with Crippen LogP contribution in [0.25, 0.3) is 0 Å². The number of hydrogen-bond donors (Lipinski definition) is 1. The van der Waals surface area contributed by atoms with E-state index in [2.05, 4.69) is 31.2 Å². The van der Waals surface area contributed by atoms with E-state index < -0.39 is 15.4 Å². The standard InChI is InChI=1S/C27H39NO5S2/c1-10-27(11-2,21-12-13-22(18(3)14-21)33-17-23(29)26(6,7)8)24-15-19(4)25(34-24)35(30,31)28-20(5)16-32-9/h12-15,28H,5,10-11,16-17H2,1-4,6-9H3. The summed E-state index contributed by atoms with van der Waals surface area (Å²) in [5.41, 5.74) is 2.22. The highest BCUT2D eigenvalue weighted by Crippen LogP contribution is 2.45. The molecule has 0 saturated heterocycles. The van der Waals surface area contributed by atoms with Crippen molar-refractivity contribution in [1.82, 2.24) is 4.72 Å². The van der Waals surface area contributed by atoms with E-state index in [1.54, 1.807) is 0 Å². The van der Waals surface area contributed by atoms with Crippen LogP contribution >= 0.6 is 11.3 Å². The van der Waals surface area contributed by atoms with E-state index in [4.69, 9.17) is 9.47 Å². The molecule has 8 heteroatoms. The van der Waals surface area contributed by atoms with Crippen molar-refractivity contribution in [2.45, 2.75) is 70.9 Å². The normalized spacial score (nSPS) is 12.5. The second kappa shape index (κ2) is 11.3. The molecule has 0 saturated carbocycles. The number of benzene rings is 1. The molecule has 1 N–H and O–H groups in total. The molecule has 2 rings (SSSR count). The van der Waals surface area contributed by atoms with Gasteiger partial charge in [0.05, 0.1) is 6.61 Å². The Morgan fingerprint density at radius 3 is 2.20 bits per heavy atom. The molecular weight excluding hydrogens is 482 g/mol. The number of methoxy groups -OCH3 is 1. The van der Waals surface area contributed by atoms with Gasteiger partial charge >= 0.3 is 0 Å². The molecule has 0 bridgehead atoms. The molecule has 0 radical (unpaired) electrons. The van der Waals surface area contributed by atoms with E-state index in [1.807, 2.05) is 52.8 Å². The number of sulfonamides is 1. The first-order valence-corrected chi connectivity index (χ1v) is 14.1. The third-order valence-corrected chi connectivity index (χ3v) is 9.83. The number of ether oxygens (including phenoxy) is 2. The van der Waals surface area contributed by atoms with Crippen LogP contribution in [0.3, 0.4) is 0 Å². The van der Waals surface area contributed by atoms with Crippen LogP contribution in [-0.2, 0) is 25.0 Å². The third-order valence-electron chi connectivity index (χ3n) is 6.32. The minimum Gasteiger partial charge on any atom is -0.486 e. The fourth-order valence-corrected chi connectivity index (χ4v) is 7.13. The van der Waals surface area contributed by atoms with Gasteiger partial charge in [0.2, 0.25) is 0 Å². The smallest absolute Gasteiger partial charge is 0.271 e. The highest BCUT2D eigenvalue weighted by molar-refractivity contribution is 7.91. The van der Waals surface area contributed by atoms with Gasteiger partial charge in [0.15, 0.2) is 5.78 Å². The van der Waals surface area contributed by atoms with Crippen molar-refractivity contribution in [2.24, 2.45) is 5.41 Å². The number of carbonyl (C=O) groups is 1. The maximum atomic E-state index is 13.0. The molecule has 0 amide bonds. The van der Waals surface area contributed by atoms with Crippen molar-refractivity contribution in [3.63, 3.8) is 0 Å². The Labute approximate surface area is 214 Å². The predicted octanol–water partition coefficient (Wildman–Crippen LogP) is 5.90. The van der Waals surface area contributed by atoms with E-state index in [-0.39, 0.29) is 34.3 Å². The van der Waals surface area contributed by atoms with Gasteiger partial charge in [-0.2, -0.15) is 0 Å². The van der Waals surface area contributed by atoms with E-state index in [1.165, 1.54) is 18.4 Å². The van der Waals surface area contributed by atoms with Crippen LogP contribution in [0.5, 0.6) is 5.75 Å². The van der Waals surface area contributed by atoms with Crippen LogP contribution in [0.2, 0.25) is 0 Å². The zero-order valence-electron chi connectivity index (χ0n) is 22.2. The Bertz CT molecular complexity index is 1170. The summed E-state index contributed by atoms with van der Waals surface area (Å²) in [5, 5.41) is 0. The van der Waals surface area contributed by atoms with Gasteiger partial charge in [0.1, 0.15) is 16.6 Å². The lowest BCUT2D eigenvalue weighted by atomic mass is 9.74. The number of nitrogens with one attached hydrogen (secondary N) is 1. The number of Topliss-reactive ketones (excluding diaryl/α,β-unsaturated/α-hetero) is 1. The minimum absolute atomic E-state index is 0.0308. The summed E-state index contributed by atoms with van der Waals surface area (Å²) in [7, 11) is -2.26. The number of aryl methyl sites for hydroxylation is 2. The van der Waals surface area contributed by atoms with Gasteiger partial charge < -0.3 is 9.47 Å². The Kier molecular flexibility index (Phi) is 9.36. The van der Waals surface area contributed by atoms with Gasteiger partial charge in [-0.1, -0.05) is 53.3 Å². The molecule has 0 spiro atoms. The van der Waals surface area contributed by atoms with E-state index in [9.17, 15) is 13.2 Å². The first kappa shape index (κ1) is 29.1. The highest BCUT2D eigenvalue weighted by atomic mass is 32.2. The summed E-state index contributed by atoms with van der Waals surface area (Å²) >= 11 is 1.30. The van der Waals surface area contributed by atoms with Gasteiger partial charge in [-0.25, -0.2) is 8.42 Å². The Balaban J connectivity index is 2.43. The maximum absolute atomic E-state index is 13.0. The monoisotopic (exact) mass is 521 g/mol. The molecular formula is C27H39NO5S2. The van der Waals surface area contributed by atoms with Crippen molar-refractivity contribution in [2.75, 3.05) is 20.3 Å². The Morgan fingerprint density at radius 2 is 1.69 bits per heavy atom. The molecule has 0 aliphatic heterocycles. The van der Waals surface area contributed by atoms with Crippen molar-refractivity contribution in [3.05, 3.63) is 58.1 Å². The first-order chi connectivity index (χ1) is 16.2. The molecule has 0 fully saturated rings. The summed E-state index contributed by atoms with van der Waals surface area (Å²) in [6.07, 6.45) is 1.60. The Hall–Kier alpha value is -2.16. The number of carbonyl (C=O) groups excluding carboxylic acids is 1. The molecule has 0 aliphatic carbocycles. The van der Waals surface area contributed by atoms with E-state index in [0.717, 1.165) is 28.8 Å². The van der Waals surface area contributed by atoms with Gasteiger partial charge in [-0.15, -0.1) is 11.3 Å². The molecule has 0 atom stereocenters. The summed E-state index contributed by atoms with van der Waals surface area (Å²) in [5.74, 6) is 0.723. The van der Waals surface area contributed by atoms with Crippen molar-refractivity contribution in [1.29, 1.82) is 0 Å². The molecule has 0 aliphatic rings. The quantitative estimate of drug-likeness (QED) is 0.376. The highest BCUT2D eigenvalue weighted by Gasteiger charge is 2.35. The van der Waals surface area contributed by atoms with Crippen molar-refractivity contribution in [3.8, 4) is 5.75 Å². The van der Waals surface area contributed by atoms with Crippen LogP contribution in [0, 0.1) is 19.3 Å². The fraction of sp³-hybridized carbons (Fsp3) is 0.519. The molecule has 1 aromatic heterocycles.